The number of anilines is 1. The molecule has 0 atom stereocenters. The van der Waals surface area contributed by atoms with Crippen LogP contribution >= 0.6 is 0 Å². The van der Waals surface area contributed by atoms with Gasteiger partial charge in [-0.25, -0.2) is 4.99 Å². The van der Waals surface area contributed by atoms with Crippen LogP contribution in [0.25, 0.3) is 0 Å². The topological polar surface area (TPSA) is 98.0 Å². The maximum atomic E-state index is 11.9. The molecule has 0 aliphatic carbocycles. The maximum absolute atomic E-state index is 11.9. The maximum Gasteiger partial charge on any atom is 0.251 e. The van der Waals surface area contributed by atoms with E-state index in [2.05, 4.69) is 15.6 Å². The fourth-order valence-electron chi connectivity index (χ4n) is 2.34. The van der Waals surface area contributed by atoms with Gasteiger partial charge in [0.2, 0.25) is 0 Å². The highest BCUT2D eigenvalue weighted by atomic mass is 16.5. The van der Waals surface area contributed by atoms with Crippen molar-refractivity contribution in [2.45, 2.75) is 13.5 Å². The number of nitrogens with two attached hydrogens (primary N) is 1. The number of carbonyl (C=O) groups excluding carboxylic acids is 1. The van der Waals surface area contributed by atoms with Crippen molar-refractivity contribution in [2.24, 2.45) is 10.7 Å². The Morgan fingerprint density at radius 2 is 1.96 bits per heavy atom. The number of nitrogens with one attached hydrogen (secondary N) is 2. The zero-order chi connectivity index (χ0) is 18.9. The highest BCUT2D eigenvalue weighted by Crippen LogP contribution is 2.28. The average Bonchev–Trinajstić information content (AvgIpc) is 2.66. The van der Waals surface area contributed by atoms with Gasteiger partial charge in [0.1, 0.15) is 11.5 Å². The molecular formula is C19H24N4O3. The van der Waals surface area contributed by atoms with Crippen molar-refractivity contribution in [2.75, 3.05) is 26.1 Å². The molecule has 7 nitrogen and oxygen atoms in total. The standard InChI is InChI=1S/C19H24N4O3/c1-4-21-18(24)14-7-5-6-13(10-14)12-22-19(20)23-16-11-15(25-2)8-9-17(16)26-3/h5-11H,4,12H2,1-3H3,(H,21,24)(H3,20,22,23). The fourth-order valence-corrected chi connectivity index (χ4v) is 2.34. The molecule has 2 rings (SSSR count). The van der Waals surface area contributed by atoms with Crippen molar-refractivity contribution in [3.8, 4) is 11.5 Å². The van der Waals surface area contributed by atoms with Crippen LogP contribution < -0.4 is 25.8 Å². The highest BCUT2D eigenvalue weighted by Gasteiger charge is 2.07. The smallest absolute Gasteiger partial charge is 0.251 e. The number of hydrogen-bond donors (Lipinski definition) is 3. The van der Waals surface area contributed by atoms with Gasteiger partial charge in [0.05, 0.1) is 26.5 Å². The first-order chi connectivity index (χ1) is 12.6. The van der Waals surface area contributed by atoms with Crippen LogP contribution in [0.1, 0.15) is 22.8 Å². The molecule has 4 N–H and O–H groups in total. The molecule has 0 radical (unpaired) electrons. The molecule has 0 saturated carbocycles. The average molecular weight is 356 g/mol. The third-order valence-electron chi connectivity index (χ3n) is 3.63. The Balaban J connectivity index is 2.09. The van der Waals surface area contributed by atoms with Gasteiger partial charge < -0.3 is 25.8 Å². The molecule has 0 fully saturated rings. The number of carbonyl (C=O) groups is 1. The number of ether oxygens (including phenoxy) is 2. The number of rotatable bonds is 7. The summed E-state index contributed by atoms with van der Waals surface area (Å²) in [5.74, 6) is 1.43. The van der Waals surface area contributed by atoms with Gasteiger partial charge in [0, 0.05) is 18.2 Å². The molecule has 0 aliphatic rings. The van der Waals surface area contributed by atoms with E-state index in [1.807, 2.05) is 19.1 Å². The van der Waals surface area contributed by atoms with Crippen molar-refractivity contribution in [1.29, 1.82) is 0 Å². The van der Waals surface area contributed by atoms with Crippen LogP contribution in [0.5, 0.6) is 11.5 Å². The van der Waals surface area contributed by atoms with E-state index in [1.165, 1.54) is 0 Å². The van der Waals surface area contributed by atoms with E-state index >= 15 is 0 Å². The largest absolute Gasteiger partial charge is 0.497 e. The van der Waals surface area contributed by atoms with Crippen molar-refractivity contribution >= 4 is 17.6 Å². The summed E-state index contributed by atoms with van der Waals surface area (Å²) in [6, 6.07) is 12.6. The van der Waals surface area contributed by atoms with Crippen LogP contribution in [0.2, 0.25) is 0 Å². The van der Waals surface area contributed by atoms with Crippen molar-refractivity contribution in [3.05, 3.63) is 53.6 Å². The highest BCUT2D eigenvalue weighted by molar-refractivity contribution is 5.95. The SMILES string of the molecule is CCNC(=O)c1cccc(CN=C(N)Nc2cc(OC)ccc2OC)c1. The van der Waals surface area contributed by atoms with E-state index in [-0.39, 0.29) is 11.9 Å². The zero-order valence-corrected chi connectivity index (χ0v) is 15.2. The van der Waals surface area contributed by atoms with E-state index in [0.717, 1.165) is 5.56 Å². The minimum Gasteiger partial charge on any atom is -0.497 e. The normalized spacial score (nSPS) is 11.0. The summed E-state index contributed by atoms with van der Waals surface area (Å²) in [6.07, 6.45) is 0. The quantitative estimate of drug-likeness (QED) is 0.523. The number of aliphatic imine (C=N–C) groups is 1. The summed E-state index contributed by atoms with van der Waals surface area (Å²) in [7, 11) is 3.16. The molecule has 0 aliphatic heterocycles. The van der Waals surface area contributed by atoms with E-state index < -0.39 is 0 Å². The third-order valence-corrected chi connectivity index (χ3v) is 3.63. The molecule has 2 aromatic carbocycles. The lowest BCUT2D eigenvalue weighted by Crippen LogP contribution is -2.23. The number of benzene rings is 2. The van der Waals surface area contributed by atoms with Gasteiger partial charge in [-0.1, -0.05) is 12.1 Å². The molecular weight excluding hydrogens is 332 g/mol. The molecule has 0 saturated heterocycles. The molecule has 0 heterocycles. The summed E-state index contributed by atoms with van der Waals surface area (Å²) in [5.41, 5.74) is 8.12. The van der Waals surface area contributed by atoms with E-state index in [1.54, 1.807) is 44.6 Å². The molecule has 0 unspecified atom stereocenters. The Hall–Kier alpha value is -3.22. The second-order valence-electron chi connectivity index (χ2n) is 5.45. The molecule has 0 spiro atoms. The van der Waals surface area contributed by atoms with Crippen molar-refractivity contribution in [1.82, 2.24) is 5.32 Å². The molecule has 138 valence electrons. The van der Waals surface area contributed by atoms with E-state index in [4.69, 9.17) is 15.2 Å². The van der Waals surface area contributed by atoms with Gasteiger partial charge >= 0.3 is 0 Å². The summed E-state index contributed by atoms with van der Waals surface area (Å²) < 4.78 is 10.5. The minimum atomic E-state index is -0.106. The van der Waals surface area contributed by atoms with Crippen LogP contribution in [0.3, 0.4) is 0 Å². The monoisotopic (exact) mass is 356 g/mol. The molecule has 1 amide bonds. The Bertz CT molecular complexity index is 790. The van der Waals surface area contributed by atoms with E-state index in [0.29, 0.717) is 35.8 Å². The van der Waals surface area contributed by atoms with Gasteiger partial charge in [-0.15, -0.1) is 0 Å². The summed E-state index contributed by atoms with van der Waals surface area (Å²) in [6.45, 7) is 2.81. The van der Waals surface area contributed by atoms with Crippen molar-refractivity contribution < 1.29 is 14.3 Å². The number of guanidine groups is 1. The van der Waals surface area contributed by atoms with Crippen LogP contribution in [0, 0.1) is 0 Å². The van der Waals surface area contributed by atoms with Crippen LogP contribution in [-0.4, -0.2) is 32.6 Å². The lowest BCUT2D eigenvalue weighted by atomic mass is 10.1. The summed E-state index contributed by atoms with van der Waals surface area (Å²) >= 11 is 0. The van der Waals surface area contributed by atoms with Crippen LogP contribution in [0.4, 0.5) is 5.69 Å². The zero-order valence-electron chi connectivity index (χ0n) is 15.2. The molecule has 26 heavy (non-hydrogen) atoms. The first-order valence-electron chi connectivity index (χ1n) is 8.23. The van der Waals surface area contributed by atoms with Crippen LogP contribution in [-0.2, 0) is 6.54 Å². The Morgan fingerprint density at radius 3 is 2.65 bits per heavy atom. The van der Waals surface area contributed by atoms with Gasteiger partial charge in [0.25, 0.3) is 5.91 Å². The third kappa shape index (κ3) is 5.14. The van der Waals surface area contributed by atoms with Gasteiger partial charge in [-0.05, 0) is 36.8 Å². The fraction of sp³-hybridized carbons (Fsp3) is 0.263. The second kappa shape index (κ2) is 9.31. The van der Waals surface area contributed by atoms with Gasteiger partial charge in [-0.2, -0.15) is 0 Å². The van der Waals surface area contributed by atoms with Gasteiger partial charge in [0.15, 0.2) is 5.96 Å². The molecule has 0 bridgehead atoms. The summed E-state index contributed by atoms with van der Waals surface area (Å²) in [4.78, 5) is 16.2. The van der Waals surface area contributed by atoms with E-state index in [9.17, 15) is 4.79 Å². The minimum absolute atomic E-state index is 0.106. The Morgan fingerprint density at radius 1 is 1.15 bits per heavy atom. The number of nitrogens with zero attached hydrogens (tertiary/aromatic N) is 1. The first-order valence-corrected chi connectivity index (χ1v) is 8.23. The number of hydrogen-bond acceptors (Lipinski definition) is 4. The lowest BCUT2D eigenvalue weighted by molar-refractivity contribution is 0.0955. The summed E-state index contributed by atoms with van der Waals surface area (Å²) in [5, 5.41) is 5.78. The van der Waals surface area contributed by atoms with Crippen molar-refractivity contribution in [3.63, 3.8) is 0 Å². The second-order valence-corrected chi connectivity index (χ2v) is 5.45. The van der Waals surface area contributed by atoms with Crippen LogP contribution in [0.15, 0.2) is 47.5 Å². The Labute approximate surface area is 153 Å². The molecule has 2 aromatic rings. The first kappa shape index (κ1) is 19.1. The molecule has 0 aromatic heterocycles. The number of amides is 1. The predicted molar refractivity (Wildman–Crippen MR) is 103 cm³/mol. The molecule has 7 heteroatoms. The lowest BCUT2D eigenvalue weighted by Gasteiger charge is -2.12. The number of methoxy groups -OCH3 is 2. The predicted octanol–water partition coefficient (Wildman–Crippen LogP) is 2.38. The van der Waals surface area contributed by atoms with Gasteiger partial charge in [-0.3, -0.25) is 4.79 Å². The Kier molecular flexibility index (Phi) is 6.84.